The first-order valence-electron chi connectivity index (χ1n) is 5.48. The van der Waals surface area contributed by atoms with E-state index in [4.69, 9.17) is 11.6 Å². The largest absolute Gasteiger partial charge is 0.310 e. The normalized spacial score (nSPS) is 10.1. The van der Waals surface area contributed by atoms with Gasteiger partial charge in [-0.15, -0.1) is 11.6 Å². The summed E-state index contributed by atoms with van der Waals surface area (Å²) in [6, 6.07) is 5.83. The van der Waals surface area contributed by atoms with E-state index in [1.165, 1.54) is 0 Å². The Morgan fingerprint density at radius 2 is 1.94 bits per heavy atom. The molecule has 0 fully saturated rings. The molecule has 0 bridgehead atoms. The third kappa shape index (κ3) is 3.30. The van der Waals surface area contributed by atoms with Gasteiger partial charge in [-0.1, -0.05) is 18.2 Å². The lowest BCUT2D eigenvalue weighted by Gasteiger charge is -2.24. The maximum Gasteiger partial charge on any atom is 0.241 e. The van der Waals surface area contributed by atoms with E-state index < -0.39 is 0 Å². The average molecular weight is 254 g/mol. The second kappa shape index (κ2) is 6.40. The molecular formula is C13H16ClNO2. The molecule has 0 saturated heterocycles. The van der Waals surface area contributed by atoms with E-state index in [1.807, 2.05) is 32.0 Å². The van der Waals surface area contributed by atoms with Crippen LogP contribution in [0.25, 0.3) is 0 Å². The van der Waals surface area contributed by atoms with Crippen LogP contribution in [0.15, 0.2) is 18.2 Å². The third-order valence-electron chi connectivity index (χ3n) is 2.60. The van der Waals surface area contributed by atoms with Crippen LogP contribution in [0, 0.1) is 13.8 Å². The van der Waals surface area contributed by atoms with E-state index in [2.05, 4.69) is 0 Å². The molecule has 92 valence electrons. The molecule has 0 spiro atoms. The highest BCUT2D eigenvalue weighted by atomic mass is 35.5. The van der Waals surface area contributed by atoms with Gasteiger partial charge in [0, 0.05) is 18.7 Å². The molecule has 0 radical (unpaired) electrons. The quantitative estimate of drug-likeness (QED) is 0.597. The number of para-hydroxylation sites is 1. The summed E-state index contributed by atoms with van der Waals surface area (Å²) in [6.45, 7) is 4.26. The number of benzene rings is 1. The van der Waals surface area contributed by atoms with Crippen molar-refractivity contribution in [1.29, 1.82) is 0 Å². The van der Waals surface area contributed by atoms with Crippen LogP contribution in [0.4, 0.5) is 5.69 Å². The fraction of sp³-hybridized carbons (Fsp3) is 0.385. The zero-order valence-corrected chi connectivity index (χ0v) is 10.8. The number of rotatable bonds is 5. The van der Waals surface area contributed by atoms with Gasteiger partial charge in [0.2, 0.25) is 5.91 Å². The Morgan fingerprint density at radius 1 is 1.35 bits per heavy atom. The van der Waals surface area contributed by atoms with Gasteiger partial charge in [-0.2, -0.15) is 0 Å². The highest BCUT2D eigenvalue weighted by Crippen LogP contribution is 2.25. The molecule has 0 saturated carbocycles. The van der Waals surface area contributed by atoms with Crippen LogP contribution in [0.3, 0.4) is 0 Å². The minimum atomic E-state index is -0.175. The summed E-state index contributed by atoms with van der Waals surface area (Å²) in [4.78, 5) is 23.8. The Labute approximate surface area is 106 Å². The zero-order valence-electron chi connectivity index (χ0n) is 10.1. The topological polar surface area (TPSA) is 37.4 Å². The highest BCUT2D eigenvalue weighted by Gasteiger charge is 2.17. The van der Waals surface area contributed by atoms with Crippen molar-refractivity contribution in [2.24, 2.45) is 0 Å². The Hall–Kier alpha value is -1.35. The monoisotopic (exact) mass is 253 g/mol. The molecule has 0 aromatic heterocycles. The average Bonchev–Trinajstić information content (AvgIpc) is 2.32. The van der Waals surface area contributed by atoms with Crippen LogP contribution in [0.5, 0.6) is 0 Å². The van der Waals surface area contributed by atoms with Crippen LogP contribution in [0.2, 0.25) is 0 Å². The fourth-order valence-corrected chi connectivity index (χ4v) is 1.99. The third-order valence-corrected chi connectivity index (χ3v) is 2.82. The lowest BCUT2D eigenvalue weighted by molar-refractivity contribution is -0.116. The molecule has 0 unspecified atom stereocenters. The molecule has 1 amide bonds. The number of alkyl halides is 1. The van der Waals surface area contributed by atoms with Crippen molar-refractivity contribution in [3.63, 3.8) is 0 Å². The summed E-state index contributed by atoms with van der Waals surface area (Å²) in [5, 5.41) is 0. The summed E-state index contributed by atoms with van der Waals surface area (Å²) >= 11 is 5.60. The van der Waals surface area contributed by atoms with E-state index >= 15 is 0 Å². The van der Waals surface area contributed by atoms with Crippen molar-refractivity contribution in [2.75, 3.05) is 17.3 Å². The number of amides is 1. The van der Waals surface area contributed by atoms with Crippen molar-refractivity contribution in [2.45, 2.75) is 20.3 Å². The van der Waals surface area contributed by atoms with Gasteiger partial charge < -0.3 is 9.69 Å². The van der Waals surface area contributed by atoms with E-state index in [0.29, 0.717) is 13.0 Å². The van der Waals surface area contributed by atoms with Gasteiger partial charge in [0.15, 0.2) is 0 Å². The second-order valence-electron chi connectivity index (χ2n) is 3.87. The van der Waals surface area contributed by atoms with Crippen molar-refractivity contribution in [1.82, 2.24) is 0 Å². The second-order valence-corrected chi connectivity index (χ2v) is 4.14. The molecule has 4 heteroatoms. The summed E-state index contributed by atoms with van der Waals surface area (Å²) in [7, 11) is 0. The van der Waals surface area contributed by atoms with Gasteiger partial charge in [-0.05, 0) is 25.0 Å². The number of aldehydes is 1. The molecule has 1 aromatic rings. The SMILES string of the molecule is Cc1cccc(C)c1N(CCC=O)C(=O)CCl. The number of anilines is 1. The molecule has 0 aliphatic carbocycles. The smallest absolute Gasteiger partial charge is 0.241 e. The Bertz CT molecular complexity index is 398. The lowest BCUT2D eigenvalue weighted by atomic mass is 10.1. The minimum Gasteiger partial charge on any atom is -0.310 e. The molecule has 0 heterocycles. The predicted octanol–water partition coefficient (Wildman–Crippen LogP) is 2.46. The first-order chi connectivity index (χ1) is 8.11. The number of hydrogen-bond acceptors (Lipinski definition) is 2. The van der Waals surface area contributed by atoms with E-state index in [0.717, 1.165) is 23.1 Å². The van der Waals surface area contributed by atoms with E-state index in [9.17, 15) is 9.59 Å². The molecule has 1 rings (SSSR count). The first-order valence-corrected chi connectivity index (χ1v) is 6.01. The van der Waals surface area contributed by atoms with E-state index in [-0.39, 0.29) is 11.8 Å². The Kier molecular flexibility index (Phi) is 5.16. The van der Waals surface area contributed by atoms with Gasteiger partial charge in [-0.3, -0.25) is 4.79 Å². The molecule has 1 aromatic carbocycles. The highest BCUT2D eigenvalue weighted by molar-refractivity contribution is 6.29. The van der Waals surface area contributed by atoms with Crippen LogP contribution in [0.1, 0.15) is 17.5 Å². The number of hydrogen-bond donors (Lipinski definition) is 0. The van der Waals surface area contributed by atoms with Crippen molar-refractivity contribution in [3.8, 4) is 0 Å². The van der Waals surface area contributed by atoms with Crippen molar-refractivity contribution >= 4 is 29.5 Å². The molecule has 0 aliphatic rings. The summed E-state index contributed by atoms with van der Waals surface area (Å²) < 4.78 is 0. The standard InChI is InChI=1S/C13H16ClNO2/c1-10-5-3-6-11(2)13(10)15(7-4-8-16)12(17)9-14/h3,5-6,8H,4,7,9H2,1-2H3. The number of nitrogens with zero attached hydrogens (tertiary/aromatic N) is 1. The molecular weight excluding hydrogens is 238 g/mol. The van der Waals surface area contributed by atoms with Crippen LogP contribution in [-0.4, -0.2) is 24.6 Å². The van der Waals surface area contributed by atoms with Gasteiger partial charge in [0.05, 0.1) is 0 Å². The molecule has 0 atom stereocenters. The zero-order chi connectivity index (χ0) is 12.8. The Morgan fingerprint density at radius 3 is 2.41 bits per heavy atom. The minimum absolute atomic E-state index is 0.0768. The van der Waals surface area contributed by atoms with Crippen molar-refractivity contribution < 1.29 is 9.59 Å². The molecule has 17 heavy (non-hydrogen) atoms. The Balaban J connectivity index is 3.11. The van der Waals surface area contributed by atoms with Gasteiger partial charge >= 0.3 is 0 Å². The lowest BCUT2D eigenvalue weighted by Crippen LogP contribution is -2.34. The van der Waals surface area contributed by atoms with Crippen LogP contribution >= 0.6 is 11.6 Å². The number of aryl methyl sites for hydroxylation is 2. The summed E-state index contributed by atoms with van der Waals surface area (Å²) in [5.74, 6) is -0.252. The number of carbonyl (C=O) groups is 2. The predicted molar refractivity (Wildman–Crippen MR) is 69.7 cm³/mol. The van der Waals surface area contributed by atoms with Gasteiger partial charge in [0.25, 0.3) is 0 Å². The van der Waals surface area contributed by atoms with Gasteiger partial charge in [-0.25, -0.2) is 0 Å². The maximum atomic E-state index is 11.8. The fourth-order valence-electron chi connectivity index (χ4n) is 1.85. The van der Waals surface area contributed by atoms with E-state index in [1.54, 1.807) is 4.90 Å². The summed E-state index contributed by atoms with van der Waals surface area (Å²) in [6.07, 6.45) is 1.12. The van der Waals surface area contributed by atoms with Crippen LogP contribution < -0.4 is 4.90 Å². The summed E-state index contributed by atoms with van der Waals surface area (Å²) in [5.41, 5.74) is 2.88. The molecule has 0 aliphatic heterocycles. The van der Waals surface area contributed by atoms with Gasteiger partial charge in [0.1, 0.15) is 12.2 Å². The van der Waals surface area contributed by atoms with Crippen molar-refractivity contribution in [3.05, 3.63) is 29.3 Å². The number of carbonyl (C=O) groups excluding carboxylic acids is 2. The first kappa shape index (κ1) is 13.7. The maximum absolute atomic E-state index is 11.8. The number of halogens is 1. The molecule has 0 N–H and O–H groups in total. The molecule has 3 nitrogen and oxygen atoms in total. The van der Waals surface area contributed by atoms with Crippen LogP contribution in [-0.2, 0) is 9.59 Å².